The topological polar surface area (TPSA) is 78.4 Å². The van der Waals surface area contributed by atoms with Gasteiger partial charge in [0.25, 0.3) is 0 Å². The van der Waals surface area contributed by atoms with Crippen molar-refractivity contribution >= 4 is 23.2 Å². The van der Waals surface area contributed by atoms with Crippen molar-refractivity contribution in [2.45, 2.75) is 32.1 Å². The van der Waals surface area contributed by atoms with Crippen LogP contribution in [0.5, 0.6) is 0 Å². The molecule has 2 amide bonds. The molecule has 0 radical (unpaired) electrons. The Morgan fingerprint density at radius 1 is 1.32 bits per heavy atom. The summed E-state index contributed by atoms with van der Waals surface area (Å²) in [6.45, 7) is 0.117. The second kappa shape index (κ2) is 6.33. The predicted octanol–water partition coefficient (Wildman–Crippen LogP) is 1.67. The van der Waals surface area contributed by atoms with Gasteiger partial charge in [-0.1, -0.05) is 0 Å². The van der Waals surface area contributed by atoms with Crippen molar-refractivity contribution in [1.82, 2.24) is 0 Å². The van der Waals surface area contributed by atoms with Crippen molar-refractivity contribution in [2.24, 2.45) is 0 Å². The van der Waals surface area contributed by atoms with Crippen LogP contribution in [0.3, 0.4) is 0 Å². The lowest BCUT2D eigenvalue weighted by atomic mass is 10.0. The Hall–Kier alpha value is -1.88. The van der Waals surface area contributed by atoms with Crippen LogP contribution >= 0.6 is 0 Å². The minimum absolute atomic E-state index is 0.0355. The molecular weight excluding hydrogens is 244 g/mol. The van der Waals surface area contributed by atoms with Gasteiger partial charge < -0.3 is 15.7 Å². The van der Waals surface area contributed by atoms with E-state index in [4.69, 9.17) is 5.11 Å². The van der Waals surface area contributed by atoms with Crippen LogP contribution in [0.25, 0.3) is 0 Å². The second-order valence-electron chi connectivity index (χ2n) is 4.65. The fourth-order valence-corrected chi connectivity index (χ4v) is 2.08. The molecule has 3 N–H and O–H groups in total. The van der Waals surface area contributed by atoms with E-state index in [1.54, 1.807) is 6.07 Å². The predicted molar refractivity (Wildman–Crippen MR) is 73.0 cm³/mol. The van der Waals surface area contributed by atoms with Gasteiger partial charge in [0, 0.05) is 30.8 Å². The van der Waals surface area contributed by atoms with Gasteiger partial charge in [-0.3, -0.25) is 9.59 Å². The van der Waals surface area contributed by atoms with Gasteiger partial charge in [-0.05, 0) is 43.0 Å². The zero-order valence-electron chi connectivity index (χ0n) is 10.7. The van der Waals surface area contributed by atoms with E-state index in [1.165, 1.54) is 0 Å². The number of hydrogen-bond donors (Lipinski definition) is 3. The first-order valence-corrected chi connectivity index (χ1v) is 6.52. The van der Waals surface area contributed by atoms with E-state index in [2.05, 4.69) is 10.6 Å². The number of amides is 2. The third kappa shape index (κ3) is 3.79. The van der Waals surface area contributed by atoms with E-state index < -0.39 is 0 Å². The molecule has 0 aliphatic carbocycles. The maximum absolute atomic E-state index is 11.6. The van der Waals surface area contributed by atoms with Gasteiger partial charge in [-0.15, -0.1) is 0 Å². The Morgan fingerprint density at radius 3 is 2.95 bits per heavy atom. The first-order chi connectivity index (χ1) is 9.19. The molecule has 5 heteroatoms. The van der Waals surface area contributed by atoms with Crippen LogP contribution in [-0.4, -0.2) is 23.5 Å². The highest BCUT2D eigenvalue weighted by molar-refractivity contribution is 5.95. The van der Waals surface area contributed by atoms with Crippen LogP contribution in [0.1, 0.15) is 31.2 Å². The number of aliphatic hydroxyl groups excluding tert-OH is 1. The number of unbranched alkanes of at least 4 members (excludes halogenated alkanes) is 1. The lowest BCUT2D eigenvalue weighted by Gasteiger charge is -2.17. The Kier molecular flexibility index (Phi) is 4.52. The Balaban J connectivity index is 1.95. The number of aliphatic hydroxyl groups is 1. The molecule has 0 aromatic heterocycles. The van der Waals surface area contributed by atoms with E-state index in [9.17, 15) is 9.59 Å². The number of benzene rings is 1. The smallest absolute Gasteiger partial charge is 0.224 e. The van der Waals surface area contributed by atoms with Gasteiger partial charge in [0.1, 0.15) is 0 Å². The summed E-state index contributed by atoms with van der Waals surface area (Å²) in [4.78, 5) is 22.9. The second-order valence-corrected chi connectivity index (χ2v) is 4.65. The van der Waals surface area contributed by atoms with Crippen molar-refractivity contribution in [3.8, 4) is 0 Å². The molecule has 5 nitrogen and oxygen atoms in total. The van der Waals surface area contributed by atoms with Gasteiger partial charge in [0.15, 0.2) is 0 Å². The fourth-order valence-electron chi connectivity index (χ4n) is 2.08. The molecule has 0 saturated heterocycles. The normalized spacial score (nSPS) is 13.6. The van der Waals surface area contributed by atoms with E-state index in [-0.39, 0.29) is 18.4 Å². The fraction of sp³-hybridized carbons (Fsp3) is 0.429. The highest BCUT2D eigenvalue weighted by Gasteiger charge is 2.15. The number of anilines is 2. The van der Waals surface area contributed by atoms with Crippen LogP contribution in [0.2, 0.25) is 0 Å². The summed E-state index contributed by atoms with van der Waals surface area (Å²) >= 11 is 0. The van der Waals surface area contributed by atoms with Crippen LogP contribution < -0.4 is 10.6 Å². The van der Waals surface area contributed by atoms with E-state index in [0.717, 1.165) is 16.9 Å². The number of aryl methyl sites for hydroxylation is 1. The highest BCUT2D eigenvalue weighted by atomic mass is 16.3. The van der Waals surface area contributed by atoms with Gasteiger partial charge >= 0.3 is 0 Å². The lowest BCUT2D eigenvalue weighted by molar-refractivity contribution is -0.117. The maximum Gasteiger partial charge on any atom is 0.224 e. The number of rotatable bonds is 5. The number of nitrogens with one attached hydrogen (secondary N) is 2. The largest absolute Gasteiger partial charge is 0.396 e. The summed E-state index contributed by atoms with van der Waals surface area (Å²) in [6, 6.07) is 5.50. The molecule has 0 atom stereocenters. The van der Waals surface area contributed by atoms with Gasteiger partial charge in [-0.2, -0.15) is 0 Å². The monoisotopic (exact) mass is 262 g/mol. The van der Waals surface area contributed by atoms with Gasteiger partial charge in [-0.25, -0.2) is 0 Å². The Bertz CT molecular complexity index is 486. The molecule has 19 heavy (non-hydrogen) atoms. The van der Waals surface area contributed by atoms with Gasteiger partial charge in [0.2, 0.25) is 11.8 Å². The first kappa shape index (κ1) is 13.5. The standard InChI is InChI=1S/C14H18N2O3/c17-8-2-1-3-13(18)15-11-5-6-12-10(9-11)4-7-14(19)16-12/h5-6,9,17H,1-4,7-8H2,(H,15,18)(H,16,19). The van der Waals surface area contributed by atoms with Crippen LogP contribution in [-0.2, 0) is 16.0 Å². The first-order valence-electron chi connectivity index (χ1n) is 6.52. The SMILES string of the molecule is O=C(CCCCO)Nc1ccc2c(c1)CCC(=O)N2. The average Bonchev–Trinajstić information content (AvgIpc) is 2.39. The summed E-state index contributed by atoms with van der Waals surface area (Å²) < 4.78 is 0. The molecule has 0 spiro atoms. The number of carbonyl (C=O) groups is 2. The zero-order chi connectivity index (χ0) is 13.7. The third-order valence-corrected chi connectivity index (χ3v) is 3.10. The van der Waals surface area contributed by atoms with Crippen LogP contribution in [0, 0.1) is 0 Å². The van der Waals surface area contributed by atoms with E-state index >= 15 is 0 Å². The van der Waals surface area contributed by atoms with Crippen LogP contribution in [0.4, 0.5) is 11.4 Å². The number of carbonyl (C=O) groups excluding carboxylic acids is 2. The van der Waals surface area contributed by atoms with Crippen LogP contribution in [0.15, 0.2) is 18.2 Å². The van der Waals surface area contributed by atoms with Gasteiger partial charge in [0.05, 0.1) is 0 Å². The molecule has 102 valence electrons. The Labute approximate surface area is 112 Å². The zero-order valence-corrected chi connectivity index (χ0v) is 10.7. The molecule has 0 unspecified atom stereocenters. The summed E-state index contributed by atoms with van der Waals surface area (Å²) in [5.74, 6) is -0.0125. The van der Waals surface area contributed by atoms with Crippen molar-refractivity contribution < 1.29 is 14.7 Å². The highest BCUT2D eigenvalue weighted by Crippen LogP contribution is 2.25. The lowest BCUT2D eigenvalue weighted by Crippen LogP contribution is -2.19. The summed E-state index contributed by atoms with van der Waals surface area (Å²) in [6.07, 6.45) is 2.93. The minimum atomic E-state index is -0.0479. The molecule has 1 aliphatic rings. The number of hydrogen-bond acceptors (Lipinski definition) is 3. The molecule has 1 heterocycles. The summed E-state index contributed by atoms with van der Waals surface area (Å²) in [7, 11) is 0. The van der Waals surface area contributed by atoms with Crippen molar-refractivity contribution in [3.63, 3.8) is 0 Å². The van der Waals surface area contributed by atoms with Crippen molar-refractivity contribution in [1.29, 1.82) is 0 Å². The van der Waals surface area contributed by atoms with E-state index in [1.807, 2.05) is 12.1 Å². The average molecular weight is 262 g/mol. The molecule has 1 aliphatic heterocycles. The number of fused-ring (bicyclic) bond motifs is 1. The van der Waals surface area contributed by atoms with E-state index in [0.29, 0.717) is 32.1 Å². The molecule has 1 aromatic rings. The molecule has 0 saturated carbocycles. The van der Waals surface area contributed by atoms with Crippen molar-refractivity contribution in [3.05, 3.63) is 23.8 Å². The molecule has 0 fully saturated rings. The molecule has 1 aromatic carbocycles. The molecule has 2 rings (SSSR count). The quantitative estimate of drug-likeness (QED) is 0.706. The summed E-state index contributed by atoms with van der Waals surface area (Å²) in [5.41, 5.74) is 2.63. The molecule has 0 bridgehead atoms. The third-order valence-electron chi connectivity index (χ3n) is 3.10. The maximum atomic E-state index is 11.6. The van der Waals surface area contributed by atoms with Crippen molar-refractivity contribution in [2.75, 3.05) is 17.2 Å². The summed E-state index contributed by atoms with van der Waals surface area (Å²) in [5, 5.41) is 14.3. The Morgan fingerprint density at radius 2 is 2.16 bits per heavy atom. The minimum Gasteiger partial charge on any atom is -0.396 e. The molecular formula is C14H18N2O3.